The van der Waals surface area contributed by atoms with Crippen LogP contribution in [-0.4, -0.2) is 64.6 Å². The molecule has 0 unspecified atom stereocenters. The number of hydrogen-bond donors (Lipinski definition) is 5. The monoisotopic (exact) mass is 579 g/mol. The lowest BCUT2D eigenvalue weighted by molar-refractivity contribution is -0.116. The van der Waals surface area contributed by atoms with Gasteiger partial charge in [-0.2, -0.15) is 0 Å². The molecule has 0 spiro atoms. The van der Waals surface area contributed by atoms with Gasteiger partial charge in [-0.05, 0) is 86.9 Å². The Morgan fingerprint density at radius 2 is 1.27 bits per heavy atom. The molecule has 228 valence electrons. The molecule has 1 rings (SSSR count). The Hall–Kier alpha value is -4.36. The number of alkyl carbamates (subject to hydrolysis) is 2. The van der Waals surface area contributed by atoms with Gasteiger partial charge >= 0.3 is 24.2 Å². The number of guanidine groups is 1. The lowest BCUT2D eigenvalue weighted by Gasteiger charge is -2.21. The van der Waals surface area contributed by atoms with Crippen LogP contribution in [0.25, 0.3) is 0 Å². The minimum atomic E-state index is -1.29. The highest BCUT2D eigenvalue weighted by Crippen LogP contribution is 2.20. The van der Waals surface area contributed by atoms with Crippen LogP contribution in [-0.2, 0) is 19.0 Å². The molecule has 0 bridgehead atoms. The Morgan fingerprint density at radius 3 is 1.78 bits per heavy atom. The molecular formula is C27H41N5O9. The highest BCUT2D eigenvalue weighted by Gasteiger charge is 2.21. The molecule has 14 heteroatoms. The second kappa shape index (κ2) is 14.3. The molecule has 5 N–H and O–H groups in total. The Balaban J connectivity index is 3.06. The normalized spacial score (nSPS) is 12.1. The average molecular weight is 580 g/mol. The van der Waals surface area contributed by atoms with Gasteiger partial charge in [0.2, 0.25) is 11.9 Å². The number of anilines is 2. The molecule has 0 fully saturated rings. The summed E-state index contributed by atoms with van der Waals surface area (Å²) < 4.78 is 15.5. The fourth-order valence-electron chi connectivity index (χ4n) is 2.87. The van der Waals surface area contributed by atoms with Crippen LogP contribution in [0.5, 0.6) is 0 Å². The van der Waals surface area contributed by atoms with Crippen LogP contribution in [0.4, 0.5) is 25.8 Å². The summed E-state index contributed by atoms with van der Waals surface area (Å²) in [5, 5.41) is 19.7. The van der Waals surface area contributed by atoms with E-state index in [4.69, 9.17) is 14.2 Å². The molecule has 1 aromatic rings. The lowest BCUT2D eigenvalue weighted by Crippen LogP contribution is -2.40. The molecule has 41 heavy (non-hydrogen) atoms. The third-order valence-electron chi connectivity index (χ3n) is 4.19. The first-order chi connectivity index (χ1) is 18.6. The second-order valence-corrected chi connectivity index (χ2v) is 11.9. The molecule has 0 aromatic heterocycles. The Bertz CT molecular complexity index is 1160. The fourth-order valence-corrected chi connectivity index (χ4v) is 2.87. The van der Waals surface area contributed by atoms with E-state index in [1.54, 1.807) is 62.3 Å². The van der Waals surface area contributed by atoms with Gasteiger partial charge in [0.15, 0.2) is 0 Å². The van der Waals surface area contributed by atoms with Gasteiger partial charge in [0, 0.05) is 24.3 Å². The molecule has 0 radical (unpaired) electrons. The average Bonchev–Trinajstić information content (AvgIpc) is 2.72. The van der Waals surface area contributed by atoms with E-state index >= 15 is 0 Å². The van der Waals surface area contributed by atoms with Crippen molar-refractivity contribution < 1.29 is 43.3 Å². The van der Waals surface area contributed by atoms with Crippen molar-refractivity contribution in [3.8, 4) is 0 Å². The minimum Gasteiger partial charge on any atom is -0.478 e. The fraction of sp³-hybridized carbons (Fsp3) is 0.556. The van der Waals surface area contributed by atoms with E-state index in [0.29, 0.717) is 6.42 Å². The van der Waals surface area contributed by atoms with Gasteiger partial charge < -0.3 is 35.3 Å². The van der Waals surface area contributed by atoms with E-state index in [1.807, 2.05) is 0 Å². The number of carbonyl (C=O) groups is 5. The number of hydrogen-bond acceptors (Lipinski definition) is 8. The van der Waals surface area contributed by atoms with Crippen molar-refractivity contribution in [3.05, 3.63) is 23.8 Å². The van der Waals surface area contributed by atoms with Crippen molar-refractivity contribution in [1.29, 1.82) is 0 Å². The second-order valence-electron chi connectivity index (χ2n) is 11.9. The number of carbonyl (C=O) groups excluding carboxylic acids is 4. The number of nitrogens with zero attached hydrogens (tertiary/aromatic N) is 1. The first-order valence-corrected chi connectivity index (χ1v) is 12.9. The van der Waals surface area contributed by atoms with E-state index in [0.717, 1.165) is 0 Å². The van der Waals surface area contributed by atoms with E-state index in [9.17, 15) is 29.1 Å². The molecule has 0 atom stereocenters. The van der Waals surface area contributed by atoms with Crippen molar-refractivity contribution in [3.63, 3.8) is 0 Å². The van der Waals surface area contributed by atoms with Crippen LogP contribution >= 0.6 is 0 Å². The van der Waals surface area contributed by atoms with Crippen LogP contribution < -0.4 is 21.3 Å². The minimum absolute atomic E-state index is 0.0153. The SMILES string of the molecule is CC(C)(C)OC(=O)/N=C(\NC(=O)OC(C)(C)C)Nc1cc(NC(=O)CCCNC(=O)OC(C)(C)C)cc(C(=O)O)c1. The molecule has 0 aliphatic carbocycles. The standard InChI is InChI=1S/C27H41N5O9/c1-25(2,3)39-22(36)28-12-10-11-19(33)29-17-13-16(20(34)35)14-18(15-17)30-21(31-23(37)40-26(4,5)6)32-24(38)41-27(7,8)9/h13-15H,10-12H2,1-9H3,(H,28,36)(H,29,33)(H,34,35)(H2,30,31,32,37,38). The van der Waals surface area contributed by atoms with Gasteiger partial charge in [-0.1, -0.05) is 0 Å². The topological polar surface area (TPSA) is 194 Å². The predicted octanol–water partition coefficient (Wildman–Crippen LogP) is 4.86. The highest BCUT2D eigenvalue weighted by atomic mass is 16.6. The predicted molar refractivity (Wildman–Crippen MR) is 152 cm³/mol. The highest BCUT2D eigenvalue weighted by molar-refractivity contribution is 6.07. The summed E-state index contributed by atoms with van der Waals surface area (Å²) in [6.45, 7) is 15.2. The molecule has 0 aliphatic rings. The molecule has 0 saturated heterocycles. The summed E-state index contributed by atoms with van der Waals surface area (Å²) in [6.07, 6.45) is -2.26. The quantitative estimate of drug-likeness (QED) is 0.129. The zero-order valence-electron chi connectivity index (χ0n) is 25.0. The van der Waals surface area contributed by atoms with Gasteiger partial charge in [0.1, 0.15) is 16.8 Å². The number of amides is 4. The third-order valence-corrected chi connectivity index (χ3v) is 4.19. The summed E-state index contributed by atoms with van der Waals surface area (Å²) in [5.74, 6) is -2.14. The molecule has 0 heterocycles. The van der Waals surface area contributed by atoms with Crippen LogP contribution in [0.1, 0.15) is 85.5 Å². The lowest BCUT2D eigenvalue weighted by atomic mass is 10.1. The van der Waals surface area contributed by atoms with Crippen LogP contribution in [0, 0.1) is 0 Å². The Labute approximate surface area is 239 Å². The number of nitrogens with one attached hydrogen (secondary N) is 4. The van der Waals surface area contributed by atoms with Gasteiger partial charge in [-0.25, -0.2) is 19.2 Å². The molecule has 1 aromatic carbocycles. The van der Waals surface area contributed by atoms with Crippen molar-refractivity contribution in [1.82, 2.24) is 10.6 Å². The van der Waals surface area contributed by atoms with E-state index in [2.05, 4.69) is 26.3 Å². The molecule has 4 amide bonds. The molecule has 0 aliphatic heterocycles. The maximum absolute atomic E-state index is 12.5. The number of rotatable bonds is 7. The zero-order valence-corrected chi connectivity index (χ0v) is 25.0. The number of carboxylic acid groups (broad SMARTS) is 1. The number of carboxylic acids is 1. The van der Waals surface area contributed by atoms with E-state index in [1.165, 1.54) is 18.2 Å². The summed E-state index contributed by atoms with van der Waals surface area (Å²) in [5.41, 5.74) is -2.39. The molecular weight excluding hydrogens is 538 g/mol. The maximum Gasteiger partial charge on any atom is 0.437 e. The van der Waals surface area contributed by atoms with Crippen molar-refractivity contribution in [2.24, 2.45) is 4.99 Å². The van der Waals surface area contributed by atoms with Gasteiger partial charge in [0.05, 0.1) is 5.56 Å². The first-order valence-electron chi connectivity index (χ1n) is 12.9. The number of benzene rings is 1. The zero-order chi connectivity index (χ0) is 31.6. The van der Waals surface area contributed by atoms with Crippen LogP contribution in [0.2, 0.25) is 0 Å². The van der Waals surface area contributed by atoms with Gasteiger partial charge in [0.25, 0.3) is 0 Å². The number of aromatic carboxylic acids is 1. The van der Waals surface area contributed by atoms with E-state index in [-0.39, 0.29) is 29.9 Å². The number of aliphatic imine (C=N–C) groups is 1. The largest absolute Gasteiger partial charge is 0.478 e. The van der Waals surface area contributed by atoms with Crippen LogP contribution in [0.15, 0.2) is 23.2 Å². The van der Waals surface area contributed by atoms with E-state index < -0.39 is 52.9 Å². The summed E-state index contributed by atoms with van der Waals surface area (Å²) >= 11 is 0. The maximum atomic E-state index is 12.5. The Kier molecular flexibility index (Phi) is 12.1. The summed E-state index contributed by atoms with van der Waals surface area (Å²) in [6, 6.07) is 3.82. The van der Waals surface area contributed by atoms with Crippen molar-refractivity contribution in [2.45, 2.75) is 92.0 Å². The van der Waals surface area contributed by atoms with Crippen molar-refractivity contribution in [2.75, 3.05) is 17.2 Å². The smallest absolute Gasteiger partial charge is 0.437 e. The van der Waals surface area contributed by atoms with Gasteiger partial charge in [-0.15, -0.1) is 4.99 Å². The summed E-state index contributed by atoms with van der Waals surface area (Å²) in [7, 11) is 0. The van der Waals surface area contributed by atoms with Gasteiger partial charge in [-0.3, -0.25) is 10.1 Å². The number of ether oxygens (including phenoxy) is 3. The molecule has 0 saturated carbocycles. The summed E-state index contributed by atoms with van der Waals surface area (Å²) in [4.78, 5) is 64.3. The Morgan fingerprint density at radius 1 is 0.756 bits per heavy atom. The van der Waals surface area contributed by atoms with Crippen molar-refractivity contribution >= 4 is 47.5 Å². The third kappa shape index (κ3) is 16.4. The van der Waals surface area contributed by atoms with Crippen LogP contribution in [0.3, 0.4) is 0 Å². The molecule has 14 nitrogen and oxygen atoms in total. The first kappa shape index (κ1) is 34.7.